The van der Waals surface area contributed by atoms with Crippen LogP contribution in [0.25, 0.3) is 0 Å². The van der Waals surface area contributed by atoms with E-state index in [9.17, 15) is 4.79 Å². The van der Waals surface area contributed by atoms with Gasteiger partial charge in [-0.3, -0.25) is 0 Å². The van der Waals surface area contributed by atoms with Crippen molar-refractivity contribution in [3.05, 3.63) is 12.3 Å². The van der Waals surface area contributed by atoms with Crippen molar-refractivity contribution >= 4 is 6.09 Å². The van der Waals surface area contributed by atoms with Crippen LogP contribution in [-0.4, -0.2) is 22.3 Å². The minimum Gasteiger partial charge on any atom is -0.464 e. The second-order valence-electron chi connectivity index (χ2n) is 1.93. The van der Waals surface area contributed by atoms with Gasteiger partial charge in [-0.1, -0.05) is 5.59 Å². The van der Waals surface area contributed by atoms with Crippen LogP contribution in [0.5, 0.6) is 0 Å². The van der Waals surface area contributed by atoms with Crippen molar-refractivity contribution in [2.45, 2.75) is 13.0 Å². The second-order valence-corrected chi connectivity index (χ2v) is 1.93. The first-order chi connectivity index (χ1) is 4.72. The highest BCUT2D eigenvalue weighted by molar-refractivity contribution is 5.65. The maximum atomic E-state index is 10.3. The van der Waals surface area contributed by atoms with Crippen LogP contribution in [0.2, 0.25) is 0 Å². The molecule has 1 amide bonds. The molecule has 0 spiro atoms. The molecule has 1 atom stereocenters. The zero-order valence-corrected chi connectivity index (χ0v) is 5.44. The molecular weight excluding hydrogens is 136 g/mol. The van der Waals surface area contributed by atoms with Gasteiger partial charge in [0.25, 0.3) is 0 Å². The fraction of sp³-hybridized carbons (Fsp3) is 0.400. The van der Waals surface area contributed by atoms with E-state index in [1.54, 1.807) is 13.0 Å². The Morgan fingerprint density at radius 3 is 3.00 bits per heavy atom. The van der Waals surface area contributed by atoms with Crippen molar-refractivity contribution in [1.82, 2.24) is 10.6 Å². The van der Waals surface area contributed by atoms with E-state index in [4.69, 9.17) is 5.11 Å². The summed E-state index contributed by atoms with van der Waals surface area (Å²) >= 11 is 0. The Balaban J connectivity index is 2.60. The van der Waals surface area contributed by atoms with Gasteiger partial charge in [-0.25, -0.2) is 9.80 Å². The Hall–Kier alpha value is -1.23. The quantitative estimate of drug-likeness (QED) is 0.514. The van der Waals surface area contributed by atoms with Gasteiger partial charge in [0.15, 0.2) is 0 Å². The lowest BCUT2D eigenvalue weighted by molar-refractivity contribution is -0.0446. The molecule has 0 saturated carbocycles. The van der Waals surface area contributed by atoms with E-state index in [1.165, 1.54) is 6.26 Å². The zero-order chi connectivity index (χ0) is 7.56. The molecule has 0 aromatic carbocycles. The zero-order valence-electron chi connectivity index (χ0n) is 5.44. The predicted molar refractivity (Wildman–Crippen MR) is 32.7 cm³/mol. The Bertz CT molecular complexity index is 168. The summed E-state index contributed by atoms with van der Waals surface area (Å²) in [4.78, 5) is 14.8. The van der Waals surface area contributed by atoms with Crippen LogP contribution < -0.4 is 5.59 Å². The molecule has 5 nitrogen and oxygen atoms in total. The standard InChI is InChI=1S/C5H8N2O3/c1-4-2-3-10-6-7(4)5(8)9/h2-4,6H,1H3,(H,8,9). The van der Waals surface area contributed by atoms with Crippen molar-refractivity contribution in [2.24, 2.45) is 0 Å². The van der Waals surface area contributed by atoms with Crippen molar-refractivity contribution in [3.63, 3.8) is 0 Å². The summed E-state index contributed by atoms with van der Waals surface area (Å²) in [6.45, 7) is 1.74. The van der Waals surface area contributed by atoms with Gasteiger partial charge in [0, 0.05) is 0 Å². The first-order valence-corrected chi connectivity index (χ1v) is 2.82. The molecule has 1 aliphatic heterocycles. The van der Waals surface area contributed by atoms with E-state index in [1.807, 2.05) is 0 Å². The molecule has 1 heterocycles. The van der Waals surface area contributed by atoms with Gasteiger partial charge in [0.05, 0.1) is 6.04 Å². The third kappa shape index (κ3) is 1.19. The first kappa shape index (κ1) is 6.88. The highest BCUT2D eigenvalue weighted by atomic mass is 16.7. The molecule has 0 aromatic rings. The molecule has 0 saturated heterocycles. The summed E-state index contributed by atoms with van der Waals surface area (Å²) in [6, 6.07) is -0.189. The SMILES string of the molecule is CC1C=CONN1C(=O)O. The van der Waals surface area contributed by atoms with Crippen molar-refractivity contribution in [3.8, 4) is 0 Å². The largest absolute Gasteiger partial charge is 0.464 e. The Kier molecular flexibility index (Phi) is 1.77. The second kappa shape index (κ2) is 2.57. The summed E-state index contributed by atoms with van der Waals surface area (Å²) in [7, 11) is 0. The summed E-state index contributed by atoms with van der Waals surface area (Å²) in [6.07, 6.45) is 1.98. The van der Waals surface area contributed by atoms with Gasteiger partial charge in [0.2, 0.25) is 0 Å². The van der Waals surface area contributed by atoms with Gasteiger partial charge in [-0.15, -0.1) is 0 Å². The smallest absolute Gasteiger partial charge is 0.424 e. The molecule has 0 bridgehead atoms. The molecule has 0 radical (unpaired) electrons. The fourth-order valence-corrected chi connectivity index (χ4v) is 0.623. The van der Waals surface area contributed by atoms with Gasteiger partial charge >= 0.3 is 6.09 Å². The van der Waals surface area contributed by atoms with E-state index in [-0.39, 0.29) is 6.04 Å². The van der Waals surface area contributed by atoms with Crippen LogP contribution >= 0.6 is 0 Å². The van der Waals surface area contributed by atoms with Gasteiger partial charge in [-0.05, 0) is 13.0 Å². The lowest BCUT2D eigenvalue weighted by atomic mass is 10.3. The molecule has 5 heteroatoms. The molecule has 1 aliphatic rings. The van der Waals surface area contributed by atoms with Gasteiger partial charge in [0.1, 0.15) is 6.26 Å². The molecule has 1 unspecified atom stereocenters. The minimum absolute atomic E-state index is 0.189. The first-order valence-electron chi connectivity index (χ1n) is 2.82. The summed E-state index contributed by atoms with van der Waals surface area (Å²) < 4.78 is 0. The summed E-state index contributed by atoms with van der Waals surface area (Å²) in [5.74, 6) is 0. The van der Waals surface area contributed by atoms with E-state index in [0.29, 0.717) is 0 Å². The van der Waals surface area contributed by atoms with Crippen molar-refractivity contribution in [1.29, 1.82) is 0 Å². The summed E-state index contributed by atoms with van der Waals surface area (Å²) in [5.41, 5.74) is 2.22. The lowest BCUT2D eigenvalue weighted by Gasteiger charge is -2.26. The maximum Gasteiger partial charge on any atom is 0.424 e. The van der Waals surface area contributed by atoms with Crippen molar-refractivity contribution in [2.75, 3.05) is 0 Å². The molecule has 0 aliphatic carbocycles. The number of carbonyl (C=O) groups is 1. The third-order valence-electron chi connectivity index (χ3n) is 1.19. The van der Waals surface area contributed by atoms with Gasteiger partial charge in [-0.2, -0.15) is 0 Å². The lowest BCUT2D eigenvalue weighted by Crippen LogP contribution is -2.48. The van der Waals surface area contributed by atoms with Crippen LogP contribution in [0, 0.1) is 0 Å². The Morgan fingerprint density at radius 1 is 1.90 bits per heavy atom. The van der Waals surface area contributed by atoms with E-state index >= 15 is 0 Å². The number of hydrazine groups is 1. The maximum absolute atomic E-state index is 10.3. The highest BCUT2D eigenvalue weighted by Gasteiger charge is 2.19. The number of carboxylic acid groups (broad SMARTS) is 1. The highest BCUT2D eigenvalue weighted by Crippen LogP contribution is 2.01. The van der Waals surface area contributed by atoms with Crippen LogP contribution in [0.1, 0.15) is 6.92 Å². The molecule has 0 aromatic heterocycles. The number of rotatable bonds is 0. The Morgan fingerprint density at radius 2 is 2.60 bits per heavy atom. The molecule has 1 rings (SSSR count). The van der Waals surface area contributed by atoms with Crippen LogP contribution in [0.3, 0.4) is 0 Å². The Labute approximate surface area is 57.8 Å². The normalized spacial score (nSPS) is 24.1. The number of nitrogens with zero attached hydrogens (tertiary/aromatic N) is 1. The number of nitrogens with one attached hydrogen (secondary N) is 1. The predicted octanol–water partition coefficient (Wildman–Crippen LogP) is 0.318. The molecule has 2 N–H and O–H groups in total. The van der Waals surface area contributed by atoms with Crippen molar-refractivity contribution < 1.29 is 14.7 Å². The number of amides is 1. The van der Waals surface area contributed by atoms with E-state index < -0.39 is 6.09 Å². The molecule has 0 fully saturated rings. The summed E-state index contributed by atoms with van der Waals surface area (Å²) in [5, 5.41) is 9.42. The molecule has 10 heavy (non-hydrogen) atoms. The van der Waals surface area contributed by atoms with Gasteiger partial charge < -0.3 is 9.94 Å². The molecule has 56 valence electrons. The number of hydrogen-bond donors (Lipinski definition) is 2. The molecular formula is C5H8N2O3. The average Bonchev–Trinajstić information content (AvgIpc) is 1.88. The van der Waals surface area contributed by atoms with E-state index in [2.05, 4.69) is 10.4 Å². The monoisotopic (exact) mass is 144 g/mol. The van der Waals surface area contributed by atoms with E-state index in [0.717, 1.165) is 5.01 Å². The van der Waals surface area contributed by atoms with Crippen LogP contribution in [-0.2, 0) is 4.84 Å². The van der Waals surface area contributed by atoms with Crippen LogP contribution in [0.4, 0.5) is 4.79 Å². The minimum atomic E-state index is -1.06. The average molecular weight is 144 g/mol. The topological polar surface area (TPSA) is 61.8 Å². The third-order valence-corrected chi connectivity index (χ3v) is 1.19. The fourth-order valence-electron chi connectivity index (χ4n) is 0.623. The van der Waals surface area contributed by atoms with Crippen LogP contribution in [0.15, 0.2) is 12.3 Å². The number of hydrogen-bond acceptors (Lipinski definition) is 3.